The van der Waals surface area contributed by atoms with E-state index in [1.807, 2.05) is 0 Å². The third-order valence-electron chi connectivity index (χ3n) is 0.698. The monoisotopic (exact) mass is 320 g/mol. The van der Waals surface area contributed by atoms with Crippen molar-refractivity contribution in [3.63, 3.8) is 0 Å². The Morgan fingerprint density at radius 1 is 0.524 bits per heavy atom. The average molecular weight is 320 g/mol. The molecule has 0 saturated heterocycles. The van der Waals surface area contributed by atoms with Crippen LogP contribution < -0.4 is 0 Å². The molecule has 120 valence electrons. The molecule has 0 heterocycles. The van der Waals surface area contributed by atoms with Gasteiger partial charge in [-0.1, -0.05) is 26.3 Å². The Hall–Kier alpha value is -2.94. The molecule has 0 fully saturated rings. The Balaban J connectivity index is -0.0000000533. The van der Waals surface area contributed by atoms with Crippen molar-refractivity contribution in [2.75, 3.05) is 0 Å². The molecule has 0 rings (SSSR count). The zero-order chi connectivity index (χ0) is 17.1. The molecule has 4 N–H and O–H groups in total. The lowest BCUT2D eigenvalue weighted by molar-refractivity contribution is -0.132. The maximum absolute atomic E-state index is 9.25. The number of aliphatic carboxylic acids is 4. The van der Waals surface area contributed by atoms with Crippen LogP contribution in [0.25, 0.3) is 0 Å². The minimum absolute atomic E-state index is 0. The molecule has 0 radical (unpaired) electrons. The summed E-state index contributed by atoms with van der Waals surface area (Å²) in [6.45, 7) is 11.8. The molecule has 0 aromatic heterocycles. The van der Waals surface area contributed by atoms with Gasteiger partial charge in [0.1, 0.15) is 0 Å². The number of carboxylic acids is 4. The van der Waals surface area contributed by atoms with Gasteiger partial charge in [0, 0.05) is 24.3 Å². The number of carboxylic acid groups (broad SMARTS) is 4. The van der Waals surface area contributed by atoms with Gasteiger partial charge in [0.05, 0.1) is 0 Å². The molecule has 0 saturated carbocycles. The van der Waals surface area contributed by atoms with Gasteiger partial charge in [-0.3, -0.25) is 0 Å². The van der Waals surface area contributed by atoms with Crippen molar-refractivity contribution >= 4 is 34.8 Å². The number of rotatable bonds is 4. The van der Waals surface area contributed by atoms with E-state index in [0.29, 0.717) is 0 Å². The number of hydrogen-bond donors (Lipinski definition) is 4. The third kappa shape index (κ3) is 151. The summed E-state index contributed by atoms with van der Waals surface area (Å²) in [6.07, 6.45) is 3.33. The summed E-state index contributed by atoms with van der Waals surface area (Å²) in [5, 5.41) is 30.4. The summed E-state index contributed by atoms with van der Waals surface area (Å²) in [4.78, 5) is 37.0. The molecule has 0 spiro atoms. The lowest BCUT2D eigenvalue weighted by atomic mass is 10.7. The predicted octanol–water partition coefficient (Wildman–Crippen LogP) is -0.424. The van der Waals surface area contributed by atoms with Crippen molar-refractivity contribution in [3.8, 4) is 0 Å². The fourth-order valence-corrected chi connectivity index (χ4v) is 0. The standard InChI is InChI=1S/4C3H4O2.H4Si/c4*1-2-3(4)5;/h4*2H,1H2,(H,4,5);1H4. The second-order valence-corrected chi connectivity index (χ2v) is 2.17. The fourth-order valence-electron chi connectivity index (χ4n) is 0. The van der Waals surface area contributed by atoms with Gasteiger partial charge < -0.3 is 20.4 Å². The molecule has 9 heteroatoms. The second kappa shape index (κ2) is 25.8. The van der Waals surface area contributed by atoms with Crippen LogP contribution in [0.2, 0.25) is 0 Å². The largest absolute Gasteiger partial charge is 0.478 e. The van der Waals surface area contributed by atoms with Gasteiger partial charge in [-0.15, -0.1) is 0 Å². The van der Waals surface area contributed by atoms with Crippen LogP contribution in [0.4, 0.5) is 0 Å². The van der Waals surface area contributed by atoms with Crippen LogP contribution >= 0.6 is 0 Å². The fraction of sp³-hybridized carbons (Fsp3) is 0. The van der Waals surface area contributed by atoms with Crippen molar-refractivity contribution in [2.45, 2.75) is 0 Å². The van der Waals surface area contributed by atoms with Crippen LogP contribution in [-0.4, -0.2) is 55.3 Å². The van der Waals surface area contributed by atoms with E-state index in [2.05, 4.69) is 26.3 Å². The lowest BCUT2D eigenvalue weighted by Crippen LogP contribution is -1.82. The van der Waals surface area contributed by atoms with Crippen molar-refractivity contribution < 1.29 is 39.6 Å². The van der Waals surface area contributed by atoms with Crippen molar-refractivity contribution in [1.29, 1.82) is 0 Å². The average Bonchev–Trinajstić information content (AvgIpc) is 2.40. The molecule has 8 nitrogen and oxygen atoms in total. The van der Waals surface area contributed by atoms with Gasteiger partial charge in [-0.05, 0) is 11.0 Å². The van der Waals surface area contributed by atoms with E-state index in [1.54, 1.807) is 0 Å². The molecule has 0 aliphatic rings. The minimum Gasteiger partial charge on any atom is -0.478 e. The molecule has 0 aliphatic carbocycles. The highest BCUT2D eigenvalue weighted by atomic mass is 28.1. The first-order valence-corrected chi connectivity index (χ1v) is 4.50. The van der Waals surface area contributed by atoms with Crippen LogP contribution in [0.15, 0.2) is 50.6 Å². The first kappa shape index (κ1) is 30.8. The molecule has 0 amide bonds. The topological polar surface area (TPSA) is 149 Å². The molecule has 0 unspecified atom stereocenters. The van der Waals surface area contributed by atoms with Gasteiger partial charge in [-0.2, -0.15) is 0 Å². The van der Waals surface area contributed by atoms with Crippen molar-refractivity contribution in [1.82, 2.24) is 0 Å². The van der Waals surface area contributed by atoms with E-state index in [0.717, 1.165) is 24.3 Å². The lowest BCUT2D eigenvalue weighted by Gasteiger charge is -1.64. The van der Waals surface area contributed by atoms with Gasteiger partial charge in [0.25, 0.3) is 0 Å². The Morgan fingerprint density at radius 3 is 0.571 bits per heavy atom. The molecule has 21 heavy (non-hydrogen) atoms. The van der Waals surface area contributed by atoms with Crippen LogP contribution in [0.1, 0.15) is 0 Å². The van der Waals surface area contributed by atoms with Crippen LogP contribution in [0.5, 0.6) is 0 Å². The molecule has 0 atom stereocenters. The Morgan fingerprint density at radius 2 is 0.571 bits per heavy atom. The predicted molar refractivity (Wildman–Crippen MR) is 82.7 cm³/mol. The molecule has 0 aromatic carbocycles. The highest BCUT2D eigenvalue weighted by molar-refractivity contribution is 5.79. The van der Waals surface area contributed by atoms with Gasteiger partial charge in [-0.25, -0.2) is 19.2 Å². The summed E-state index contributed by atoms with van der Waals surface area (Å²) in [7, 11) is 0. The van der Waals surface area contributed by atoms with E-state index in [9.17, 15) is 19.2 Å². The summed E-state index contributed by atoms with van der Waals surface area (Å²) < 4.78 is 0. The quantitative estimate of drug-likeness (QED) is 0.403. The minimum atomic E-state index is -0.981. The normalized spacial score (nSPS) is 6.10. The van der Waals surface area contributed by atoms with E-state index >= 15 is 0 Å². The highest BCUT2D eigenvalue weighted by Gasteiger charge is 1.74. The maximum atomic E-state index is 9.25. The SMILES string of the molecule is C=CC(=O)O.C=CC(=O)O.C=CC(=O)O.C=CC(=O)O.[SiH4]. The van der Waals surface area contributed by atoms with Crippen LogP contribution in [-0.2, 0) is 19.2 Å². The van der Waals surface area contributed by atoms with E-state index in [-0.39, 0.29) is 11.0 Å². The van der Waals surface area contributed by atoms with Gasteiger partial charge >= 0.3 is 23.9 Å². The van der Waals surface area contributed by atoms with Gasteiger partial charge in [0.2, 0.25) is 0 Å². The first-order chi connectivity index (χ1) is 9.08. The Labute approximate surface area is 126 Å². The van der Waals surface area contributed by atoms with Crippen molar-refractivity contribution in [3.05, 3.63) is 50.6 Å². The number of hydrogen-bond acceptors (Lipinski definition) is 4. The summed E-state index contributed by atoms with van der Waals surface area (Å²) >= 11 is 0. The van der Waals surface area contributed by atoms with Gasteiger partial charge in [0.15, 0.2) is 0 Å². The van der Waals surface area contributed by atoms with Crippen molar-refractivity contribution in [2.24, 2.45) is 0 Å². The van der Waals surface area contributed by atoms with E-state index < -0.39 is 23.9 Å². The van der Waals surface area contributed by atoms with Crippen LogP contribution in [0.3, 0.4) is 0 Å². The molecular weight excluding hydrogens is 300 g/mol. The number of carbonyl (C=O) groups is 4. The summed E-state index contributed by atoms with van der Waals surface area (Å²) in [5.41, 5.74) is 0. The first-order valence-electron chi connectivity index (χ1n) is 4.50. The second-order valence-electron chi connectivity index (χ2n) is 2.17. The van der Waals surface area contributed by atoms with E-state index in [4.69, 9.17) is 20.4 Å². The Kier molecular flexibility index (Phi) is 37.9. The third-order valence-corrected chi connectivity index (χ3v) is 0.698. The molecule has 0 aromatic rings. The zero-order valence-electron chi connectivity index (χ0n) is 10.6. The molecule has 0 bridgehead atoms. The zero-order valence-corrected chi connectivity index (χ0v) is 10.6. The van der Waals surface area contributed by atoms with Crippen LogP contribution in [0, 0.1) is 0 Å². The summed E-state index contributed by atoms with van der Waals surface area (Å²) in [5.74, 6) is -3.93. The maximum Gasteiger partial charge on any atom is 0.327 e. The summed E-state index contributed by atoms with van der Waals surface area (Å²) in [6, 6.07) is 0. The Bertz CT molecular complexity index is 301. The molecule has 0 aliphatic heterocycles. The van der Waals surface area contributed by atoms with E-state index in [1.165, 1.54) is 0 Å². The highest BCUT2D eigenvalue weighted by Crippen LogP contribution is 1.56. The smallest absolute Gasteiger partial charge is 0.327 e. The molecular formula is C12H20O8Si.